The van der Waals surface area contributed by atoms with Crippen molar-refractivity contribution in [3.05, 3.63) is 28.7 Å². The Kier molecular flexibility index (Phi) is 6.68. The summed E-state index contributed by atoms with van der Waals surface area (Å²) in [6, 6.07) is 7.09. The molecule has 1 unspecified atom stereocenters. The Bertz CT molecular complexity index is 487. The molecule has 0 fully saturated rings. The van der Waals surface area contributed by atoms with E-state index >= 15 is 0 Å². The summed E-state index contributed by atoms with van der Waals surface area (Å²) >= 11 is 3.34. The van der Waals surface area contributed by atoms with Crippen LogP contribution in [0, 0.1) is 0 Å². The molecular weight excluding hydrogens is 338 g/mol. The van der Waals surface area contributed by atoms with Crippen LogP contribution in [-0.2, 0) is 14.3 Å². The zero-order valence-corrected chi connectivity index (χ0v) is 14.2. The lowest BCUT2D eigenvalue weighted by molar-refractivity contribution is -0.150. The van der Waals surface area contributed by atoms with Crippen LogP contribution < -0.4 is 4.74 Å². The van der Waals surface area contributed by atoms with E-state index in [0.717, 1.165) is 4.47 Å². The fraction of sp³-hybridized carbons (Fsp3) is 0.467. The SMILES string of the molecule is COC(=O)CN(C(=O)C(C)Oc1ccc(Br)cc1)C(C)C. The standard InChI is InChI=1S/C15H20BrNO4/c1-10(2)17(9-14(18)20-4)15(19)11(3)21-13-7-5-12(16)6-8-13/h5-8,10-11H,9H2,1-4H3. The van der Waals surface area contributed by atoms with Gasteiger partial charge in [0.15, 0.2) is 6.10 Å². The van der Waals surface area contributed by atoms with Gasteiger partial charge in [-0.1, -0.05) is 15.9 Å². The smallest absolute Gasteiger partial charge is 0.325 e. The fourth-order valence-electron chi connectivity index (χ4n) is 1.72. The molecule has 5 nitrogen and oxygen atoms in total. The number of benzene rings is 1. The lowest BCUT2D eigenvalue weighted by Gasteiger charge is -2.28. The Balaban J connectivity index is 2.73. The molecule has 0 spiro atoms. The Morgan fingerprint density at radius 3 is 2.24 bits per heavy atom. The summed E-state index contributed by atoms with van der Waals surface area (Å²) < 4.78 is 11.2. The molecule has 0 aliphatic heterocycles. The second-order valence-corrected chi connectivity index (χ2v) is 5.77. The van der Waals surface area contributed by atoms with Crippen LogP contribution in [0.1, 0.15) is 20.8 Å². The van der Waals surface area contributed by atoms with Gasteiger partial charge in [-0.05, 0) is 45.0 Å². The summed E-state index contributed by atoms with van der Waals surface area (Å²) in [7, 11) is 1.30. The average molecular weight is 358 g/mol. The second-order valence-electron chi connectivity index (χ2n) is 4.85. The monoisotopic (exact) mass is 357 g/mol. The Hall–Kier alpha value is -1.56. The summed E-state index contributed by atoms with van der Waals surface area (Å²) in [5, 5.41) is 0. The van der Waals surface area contributed by atoms with Gasteiger partial charge in [-0.2, -0.15) is 0 Å². The number of amides is 1. The van der Waals surface area contributed by atoms with Gasteiger partial charge >= 0.3 is 5.97 Å². The van der Waals surface area contributed by atoms with Crippen molar-refractivity contribution in [2.24, 2.45) is 0 Å². The third kappa shape index (κ3) is 5.38. The number of hydrogen-bond acceptors (Lipinski definition) is 4. The van der Waals surface area contributed by atoms with E-state index in [2.05, 4.69) is 20.7 Å². The molecule has 6 heteroatoms. The molecule has 21 heavy (non-hydrogen) atoms. The van der Waals surface area contributed by atoms with Crippen LogP contribution in [0.5, 0.6) is 5.75 Å². The summed E-state index contributed by atoms with van der Waals surface area (Å²) in [5.74, 6) is -0.105. The number of carbonyl (C=O) groups excluding carboxylic acids is 2. The van der Waals surface area contributed by atoms with Crippen molar-refractivity contribution < 1.29 is 19.1 Å². The number of methoxy groups -OCH3 is 1. The van der Waals surface area contributed by atoms with Crippen molar-refractivity contribution in [3.63, 3.8) is 0 Å². The van der Waals surface area contributed by atoms with Gasteiger partial charge in [-0.25, -0.2) is 0 Å². The zero-order valence-electron chi connectivity index (χ0n) is 12.6. The highest BCUT2D eigenvalue weighted by molar-refractivity contribution is 9.10. The highest BCUT2D eigenvalue weighted by Crippen LogP contribution is 2.18. The first-order chi connectivity index (χ1) is 9.85. The van der Waals surface area contributed by atoms with Crippen LogP contribution in [0.3, 0.4) is 0 Å². The van der Waals surface area contributed by atoms with Crippen molar-refractivity contribution in [1.29, 1.82) is 0 Å². The molecular formula is C15H20BrNO4. The quantitative estimate of drug-likeness (QED) is 0.734. The Morgan fingerprint density at radius 1 is 1.19 bits per heavy atom. The van der Waals surface area contributed by atoms with Gasteiger partial charge in [0.05, 0.1) is 7.11 Å². The molecule has 0 heterocycles. The van der Waals surface area contributed by atoms with Gasteiger partial charge < -0.3 is 14.4 Å². The molecule has 0 aromatic heterocycles. The van der Waals surface area contributed by atoms with Gasteiger partial charge in [-0.3, -0.25) is 9.59 Å². The second kappa shape index (κ2) is 8.02. The molecule has 0 aliphatic rings. The van der Waals surface area contributed by atoms with Gasteiger partial charge in [-0.15, -0.1) is 0 Å². The summed E-state index contributed by atoms with van der Waals surface area (Å²) in [5.41, 5.74) is 0. The third-order valence-corrected chi connectivity index (χ3v) is 3.44. The lowest BCUT2D eigenvalue weighted by Crippen LogP contribution is -2.47. The van der Waals surface area contributed by atoms with Gasteiger partial charge in [0.2, 0.25) is 0 Å². The van der Waals surface area contributed by atoms with E-state index in [0.29, 0.717) is 5.75 Å². The van der Waals surface area contributed by atoms with Crippen molar-refractivity contribution >= 4 is 27.8 Å². The van der Waals surface area contributed by atoms with Crippen LogP contribution in [0.2, 0.25) is 0 Å². The molecule has 1 atom stereocenters. The normalized spacial score (nSPS) is 11.9. The molecule has 1 rings (SSSR count). The highest BCUT2D eigenvalue weighted by atomic mass is 79.9. The van der Waals surface area contributed by atoms with E-state index in [-0.39, 0.29) is 18.5 Å². The maximum atomic E-state index is 12.4. The van der Waals surface area contributed by atoms with E-state index in [9.17, 15) is 9.59 Å². The van der Waals surface area contributed by atoms with Crippen molar-refractivity contribution in [2.75, 3.05) is 13.7 Å². The van der Waals surface area contributed by atoms with E-state index in [1.165, 1.54) is 12.0 Å². The minimum atomic E-state index is -0.682. The van der Waals surface area contributed by atoms with Crippen molar-refractivity contribution in [3.8, 4) is 5.75 Å². The average Bonchev–Trinajstić information content (AvgIpc) is 2.45. The molecule has 0 saturated heterocycles. The number of nitrogens with zero attached hydrogens (tertiary/aromatic N) is 1. The molecule has 116 valence electrons. The fourth-order valence-corrected chi connectivity index (χ4v) is 1.98. The molecule has 0 aliphatic carbocycles. The molecule has 0 N–H and O–H groups in total. The first-order valence-corrected chi connectivity index (χ1v) is 7.44. The van der Waals surface area contributed by atoms with E-state index in [1.54, 1.807) is 19.1 Å². The maximum absolute atomic E-state index is 12.4. The molecule has 0 radical (unpaired) electrons. The molecule has 1 aromatic carbocycles. The van der Waals surface area contributed by atoms with E-state index < -0.39 is 12.1 Å². The van der Waals surface area contributed by atoms with Crippen LogP contribution in [0.25, 0.3) is 0 Å². The topological polar surface area (TPSA) is 55.8 Å². The predicted molar refractivity (Wildman–Crippen MR) is 83.1 cm³/mol. The maximum Gasteiger partial charge on any atom is 0.325 e. The Morgan fingerprint density at radius 2 is 1.76 bits per heavy atom. The Labute approximate surface area is 133 Å². The van der Waals surface area contributed by atoms with Crippen molar-refractivity contribution in [1.82, 2.24) is 4.90 Å². The van der Waals surface area contributed by atoms with E-state index in [4.69, 9.17) is 4.74 Å². The summed E-state index contributed by atoms with van der Waals surface area (Å²) in [6.45, 7) is 5.26. The molecule has 0 saturated carbocycles. The van der Waals surface area contributed by atoms with Gasteiger partial charge in [0.25, 0.3) is 5.91 Å². The summed E-state index contributed by atoms with van der Waals surface area (Å²) in [4.78, 5) is 25.2. The number of rotatable bonds is 6. The van der Waals surface area contributed by atoms with Gasteiger partial charge in [0, 0.05) is 10.5 Å². The first kappa shape index (κ1) is 17.5. The molecule has 1 aromatic rings. The third-order valence-electron chi connectivity index (χ3n) is 2.91. The minimum Gasteiger partial charge on any atom is -0.481 e. The van der Waals surface area contributed by atoms with Gasteiger partial charge in [0.1, 0.15) is 12.3 Å². The van der Waals surface area contributed by atoms with Crippen LogP contribution >= 0.6 is 15.9 Å². The van der Waals surface area contributed by atoms with Crippen LogP contribution in [0.15, 0.2) is 28.7 Å². The number of carbonyl (C=O) groups is 2. The summed E-state index contributed by atoms with van der Waals surface area (Å²) in [6.07, 6.45) is -0.682. The lowest BCUT2D eigenvalue weighted by atomic mass is 10.2. The van der Waals surface area contributed by atoms with Crippen LogP contribution in [-0.4, -0.2) is 42.6 Å². The van der Waals surface area contributed by atoms with E-state index in [1.807, 2.05) is 26.0 Å². The number of hydrogen-bond donors (Lipinski definition) is 0. The highest BCUT2D eigenvalue weighted by Gasteiger charge is 2.26. The number of halogens is 1. The van der Waals surface area contributed by atoms with Crippen molar-refractivity contribution in [2.45, 2.75) is 32.9 Å². The predicted octanol–water partition coefficient (Wildman–Crippen LogP) is 2.63. The number of esters is 1. The zero-order chi connectivity index (χ0) is 16.0. The largest absolute Gasteiger partial charge is 0.481 e. The number of ether oxygens (including phenoxy) is 2. The molecule has 0 bridgehead atoms. The first-order valence-electron chi connectivity index (χ1n) is 6.64. The molecule has 1 amide bonds. The minimum absolute atomic E-state index is 0.0823. The van der Waals surface area contributed by atoms with Crippen LogP contribution in [0.4, 0.5) is 0 Å².